The normalized spacial score (nSPS) is 16.4. The number of benzene rings is 2. The Hall–Kier alpha value is -3.19. The largest absolute Gasteiger partial charge is 0.491 e. The minimum Gasteiger partial charge on any atom is -0.491 e. The van der Waals surface area contributed by atoms with Crippen molar-refractivity contribution in [2.45, 2.75) is 25.7 Å². The summed E-state index contributed by atoms with van der Waals surface area (Å²) >= 11 is 0. The molecule has 174 valence electrons. The van der Waals surface area contributed by atoms with Crippen molar-refractivity contribution in [3.05, 3.63) is 54.1 Å². The van der Waals surface area contributed by atoms with E-state index in [4.69, 9.17) is 10.5 Å². The topological polar surface area (TPSA) is 77.8 Å². The van der Waals surface area contributed by atoms with Gasteiger partial charge in [-0.3, -0.25) is 4.90 Å². The smallest absolute Gasteiger partial charge is 0.320 e. The molecule has 0 aliphatic carbocycles. The summed E-state index contributed by atoms with van der Waals surface area (Å²) in [5.41, 5.74) is 9.29. The third kappa shape index (κ3) is 4.78. The SMILES string of the molecule is NC(=O)N(CCCCN1CCCN(c2cccc3c2OCC3)CC1)c1cc2ccccc2[nH]1. The monoisotopic (exact) mass is 447 g/mol. The number of unbranched alkanes of at least 4 members (excludes halogenated alkanes) is 1. The number of anilines is 2. The van der Waals surface area contributed by atoms with Crippen molar-refractivity contribution in [3.63, 3.8) is 0 Å². The minimum atomic E-state index is -0.412. The van der Waals surface area contributed by atoms with Crippen molar-refractivity contribution in [3.8, 4) is 5.75 Å². The van der Waals surface area contributed by atoms with Gasteiger partial charge in [0.2, 0.25) is 0 Å². The molecule has 2 aliphatic rings. The summed E-state index contributed by atoms with van der Waals surface area (Å²) in [6.45, 7) is 6.69. The van der Waals surface area contributed by atoms with Gasteiger partial charge in [-0.1, -0.05) is 30.3 Å². The van der Waals surface area contributed by atoms with Gasteiger partial charge in [0.1, 0.15) is 11.6 Å². The lowest BCUT2D eigenvalue weighted by Gasteiger charge is -2.25. The minimum absolute atomic E-state index is 0.412. The molecule has 1 aromatic heterocycles. The zero-order valence-corrected chi connectivity index (χ0v) is 19.1. The van der Waals surface area contributed by atoms with E-state index in [1.165, 1.54) is 11.3 Å². The van der Waals surface area contributed by atoms with Crippen molar-refractivity contribution >= 4 is 28.4 Å². The highest BCUT2D eigenvalue weighted by Gasteiger charge is 2.22. The summed E-state index contributed by atoms with van der Waals surface area (Å²) in [6.07, 6.45) is 4.11. The van der Waals surface area contributed by atoms with E-state index in [0.29, 0.717) is 6.54 Å². The molecule has 33 heavy (non-hydrogen) atoms. The molecule has 5 rings (SSSR count). The van der Waals surface area contributed by atoms with Crippen LogP contribution in [0.25, 0.3) is 10.9 Å². The van der Waals surface area contributed by atoms with Crippen molar-refractivity contribution < 1.29 is 9.53 Å². The Morgan fingerprint density at radius 1 is 1.06 bits per heavy atom. The number of carbonyl (C=O) groups excluding carboxylic acids is 1. The van der Waals surface area contributed by atoms with Crippen LogP contribution in [-0.4, -0.2) is 61.8 Å². The standard InChI is InChI=1S/C26H33N5O2/c27-26(32)31(24-19-21-7-1-2-9-22(21)28-24)15-4-3-12-29-13-6-14-30(17-16-29)23-10-5-8-20-11-18-33-25(20)23/h1-2,5,7-10,19,28H,3-4,6,11-18H2,(H2,27,32). The average molecular weight is 448 g/mol. The molecule has 0 unspecified atom stereocenters. The maximum atomic E-state index is 12.1. The van der Waals surface area contributed by atoms with Crippen molar-refractivity contribution in [2.24, 2.45) is 5.73 Å². The molecule has 3 aromatic rings. The summed E-state index contributed by atoms with van der Waals surface area (Å²) in [5, 5.41) is 1.09. The first-order valence-electron chi connectivity index (χ1n) is 12.1. The van der Waals surface area contributed by atoms with Crippen LogP contribution in [0.15, 0.2) is 48.5 Å². The predicted molar refractivity (Wildman–Crippen MR) is 133 cm³/mol. The fourth-order valence-electron chi connectivity index (χ4n) is 5.04. The van der Waals surface area contributed by atoms with Gasteiger partial charge in [0, 0.05) is 43.5 Å². The van der Waals surface area contributed by atoms with Crippen LogP contribution in [0, 0.1) is 0 Å². The van der Waals surface area contributed by atoms with Gasteiger partial charge in [-0.25, -0.2) is 4.79 Å². The molecule has 3 heterocycles. The third-order valence-corrected chi connectivity index (χ3v) is 6.80. The fraction of sp³-hybridized carbons (Fsp3) is 0.423. The van der Waals surface area contributed by atoms with Crippen LogP contribution < -0.4 is 20.3 Å². The third-order valence-electron chi connectivity index (χ3n) is 6.80. The lowest BCUT2D eigenvalue weighted by molar-refractivity contribution is 0.253. The van der Waals surface area contributed by atoms with Gasteiger partial charge in [-0.2, -0.15) is 0 Å². The van der Waals surface area contributed by atoms with E-state index in [1.807, 2.05) is 30.3 Å². The number of rotatable bonds is 7. The summed E-state index contributed by atoms with van der Waals surface area (Å²) in [5.74, 6) is 1.86. The Balaban J connectivity index is 1.12. The van der Waals surface area contributed by atoms with Crippen LogP contribution in [-0.2, 0) is 6.42 Å². The predicted octanol–water partition coefficient (Wildman–Crippen LogP) is 3.98. The maximum Gasteiger partial charge on any atom is 0.320 e. The van der Waals surface area contributed by atoms with E-state index in [0.717, 1.165) is 87.5 Å². The maximum absolute atomic E-state index is 12.1. The molecule has 2 amide bonds. The summed E-state index contributed by atoms with van der Waals surface area (Å²) in [7, 11) is 0. The highest BCUT2D eigenvalue weighted by Crippen LogP contribution is 2.36. The molecule has 0 bridgehead atoms. The van der Waals surface area contributed by atoms with E-state index < -0.39 is 6.03 Å². The Morgan fingerprint density at radius 3 is 2.85 bits per heavy atom. The molecule has 0 atom stereocenters. The highest BCUT2D eigenvalue weighted by molar-refractivity contribution is 5.94. The average Bonchev–Trinajstić information content (AvgIpc) is 3.40. The van der Waals surface area contributed by atoms with Crippen LogP contribution in [0.4, 0.5) is 16.3 Å². The van der Waals surface area contributed by atoms with Gasteiger partial charge in [0.15, 0.2) is 0 Å². The van der Waals surface area contributed by atoms with Gasteiger partial charge >= 0.3 is 6.03 Å². The number of hydrogen-bond donors (Lipinski definition) is 2. The molecule has 0 radical (unpaired) electrons. The molecular weight excluding hydrogens is 414 g/mol. The van der Waals surface area contributed by atoms with Crippen LogP contribution in [0.5, 0.6) is 5.75 Å². The zero-order chi connectivity index (χ0) is 22.6. The fourth-order valence-corrected chi connectivity index (χ4v) is 5.04. The second kappa shape index (κ2) is 9.75. The molecule has 7 nitrogen and oxygen atoms in total. The second-order valence-corrected chi connectivity index (χ2v) is 8.98. The molecular formula is C26H33N5O2. The lowest BCUT2D eigenvalue weighted by atomic mass is 10.1. The van der Waals surface area contributed by atoms with Crippen molar-refractivity contribution in [2.75, 3.05) is 55.7 Å². The number of aromatic nitrogens is 1. The number of urea groups is 1. The molecule has 2 aromatic carbocycles. The van der Waals surface area contributed by atoms with Crippen molar-refractivity contribution in [1.29, 1.82) is 0 Å². The first-order valence-corrected chi connectivity index (χ1v) is 12.1. The van der Waals surface area contributed by atoms with E-state index in [-0.39, 0.29) is 0 Å². The zero-order valence-electron chi connectivity index (χ0n) is 19.1. The number of H-pyrrole nitrogens is 1. The van der Waals surface area contributed by atoms with E-state index in [9.17, 15) is 4.79 Å². The van der Waals surface area contributed by atoms with E-state index >= 15 is 0 Å². The van der Waals surface area contributed by atoms with Crippen LogP contribution in [0.1, 0.15) is 24.8 Å². The molecule has 7 heteroatoms. The quantitative estimate of drug-likeness (QED) is 0.537. The number of para-hydroxylation sites is 2. The highest BCUT2D eigenvalue weighted by atomic mass is 16.5. The number of nitrogens with one attached hydrogen (secondary N) is 1. The molecule has 1 saturated heterocycles. The molecule has 1 fully saturated rings. The van der Waals surface area contributed by atoms with Gasteiger partial charge in [-0.15, -0.1) is 0 Å². The Labute approximate surface area is 195 Å². The Kier molecular flexibility index (Phi) is 6.39. The van der Waals surface area contributed by atoms with E-state index in [2.05, 4.69) is 33.0 Å². The first kappa shape index (κ1) is 21.6. The number of amides is 2. The Morgan fingerprint density at radius 2 is 1.97 bits per heavy atom. The van der Waals surface area contributed by atoms with Crippen LogP contribution in [0.3, 0.4) is 0 Å². The summed E-state index contributed by atoms with van der Waals surface area (Å²) in [4.78, 5) is 22.1. The number of nitrogens with zero attached hydrogens (tertiary/aromatic N) is 3. The lowest BCUT2D eigenvalue weighted by Crippen LogP contribution is -2.37. The number of fused-ring (bicyclic) bond motifs is 2. The van der Waals surface area contributed by atoms with Gasteiger partial charge in [0.05, 0.1) is 12.3 Å². The van der Waals surface area contributed by atoms with E-state index in [1.54, 1.807) is 4.90 Å². The van der Waals surface area contributed by atoms with Gasteiger partial charge < -0.3 is 25.3 Å². The van der Waals surface area contributed by atoms with Gasteiger partial charge in [0.25, 0.3) is 0 Å². The number of carbonyl (C=O) groups is 1. The van der Waals surface area contributed by atoms with Crippen LogP contribution >= 0.6 is 0 Å². The molecule has 0 saturated carbocycles. The second-order valence-electron chi connectivity index (χ2n) is 8.98. The number of hydrogen-bond acceptors (Lipinski definition) is 4. The molecule has 0 spiro atoms. The van der Waals surface area contributed by atoms with Crippen LogP contribution in [0.2, 0.25) is 0 Å². The van der Waals surface area contributed by atoms with Gasteiger partial charge in [-0.05, 0) is 56.1 Å². The molecule has 2 aliphatic heterocycles. The summed E-state index contributed by atoms with van der Waals surface area (Å²) < 4.78 is 5.93. The number of aromatic amines is 1. The first-order chi connectivity index (χ1) is 16.2. The number of ether oxygens (including phenoxy) is 1. The summed E-state index contributed by atoms with van der Waals surface area (Å²) in [6, 6.07) is 16.1. The number of primary amides is 1. The number of nitrogens with two attached hydrogens (primary N) is 1. The molecule has 3 N–H and O–H groups in total. The van der Waals surface area contributed by atoms with Crippen molar-refractivity contribution in [1.82, 2.24) is 9.88 Å². The Bertz CT molecular complexity index is 1080.